The van der Waals surface area contributed by atoms with E-state index < -0.39 is 0 Å². The van der Waals surface area contributed by atoms with Crippen LogP contribution in [0.2, 0.25) is 5.02 Å². The molecule has 7 heteroatoms. The van der Waals surface area contributed by atoms with Crippen LogP contribution in [0.4, 0.5) is 5.82 Å². The minimum Gasteiger partial charge on any atom is -0.331 e. The van der Waals surface area contributed by atoms with Crippen molar-refractivity contribution in [2.75, 3.05) is 11.9 Å². The standard InChI is InChI=1S/C28H35ClN4O2/c1-4-5-6-7-11-18-28(35)32(21(2)3)20-27(34)30-26-19-24(22-14-9-8-10-15-22)31-33(26)25-17-13-12-16-23(25)29/h8-10,12-17,19,21H,4-7,11,18,20H2,1-3H3,(H,30,34). The van der Waals surface area contributed by atoms with E-state index in [1.807, 2.05) is 68.4 Å². The lowest BCUT2D eigenvalue weighted by molar-refractivity contribution is -0.136. The van der Waals surface area contributed by atoms with Gasteiger partial charge in [-0.3, -0.25) is 9.59 Å². The van der Waals surface area contributed by atoms with Gasteiger partial charge in [0.1, 0.15) is 12.4 Å². The molecule has 0 bridgehead atoms. The molecule has 0 fully saturated rings. The molecule has 0 atom stereocenters. The first-order valence-electron chi connectivity index (χ1n) is 12.4. The molecule has 3 rings (SSSR count). The van der Waals surface area contributed by atoms with Crippen molar-refractivity contribution >= 4 is 29.2 Å². The molecule has 186 valence electrons. The Labute approximate surface area is 213 Å². The van der Waals surface area contributed by atoms with Gasteiger partial charge in [0.25, 0.3) is 0 Å². The molecule has 0 unspecified atom stereocenters. The predicted molar refractivity (Wildman–Crippen MR) is 143 cm³/mol. The number of amides is 2. The lowest BCUT2D eigenvalue weighted by Crippen LogP contribution is -2.42. The van der Waals surface area contributed by atoms with Gasteiger partial charge in [-0.15, -0.1) is 0 Å². The van der Waals surface area contributed by atoms with Crippen molar-refractivity contribution in [3.05, 3.63) is 65.7 Å². The average molecular weight is 495 g/mol. The Hall–Kier alpha value is -3.12. The first-order valence-corrected chi connectivity index (χ1v) is 12.8. The number of unbranched alkanes of at least 4 members (excludes halogenated alkanes) is 4. The second kappa shape index (κ2) is 13.1. The number of nitrogens with zero attached hydrogens (tertiary/aromatic N) is 3. The molecule has 0 saturated carbocycles. The van der Waals surface area contributed by atoms with Gasteiger partial charge in [0.15, 0.2) is 0 Å². The fourth-order valence-corrected chi connectivity index (χ4v) is 4.16. The maximum atomic E-state index is 13.1. The number of anilines is 1. The van der Waals surface area contributed by atoms with Gasteiger partial charge in [-0.1, -0.05) is 86.7 Å². The van der Waals surface area contributed by atoms with E-state index in [4.69, 9.17) is 16.7 Å². The third-order valence-electron chi connectivity index (χ3n) is 5.88. The molecule has 0 saturated heterocycles. The third-order valence-corrected chi connectivity index (χ3v) is 6.20. The van der Waals surface area contributed by atoms with Gasteiger partial charge in [-0.2, -0.15) is 5.10 Å². The third kappa shape index (κ3) is 7.43. The second-order valence-electron chi connectivity index (χ2n) is 8.97. The van der Waals surface area contributed by atoms with E-state index in [-0.39, 0.29) is 24.4 Å². The summed E-state index contributed by atoms with van der Waals surface area (Å²) in [4.78, 5) is 27.6. The Balaban J connectivity index is 1.77. The number of carbonyl (C=O) groups is 2. The Morgan fingerprint density at radius 1 is 1.00 bits per heavy atom. The molecule has 35 heavy (non-hydrogen) atoms. The summed E-state index contributed by atoms with van der Waals surface area (Å²) in [6.45, 7) is 6.03. The number of hydrogen-bond acceptors (Lipinski definition) is 3. The number of nitrogens with one attached hydrogen (secondary N) is 1. The second-order valence-corrected chi connectivity index (χ2v) is 9.38. The van der Waals surface area contributed by atoms with Crippen molar-refractivity contribution < 1.29 is 9.59 Å². The van der Waals surface area contributed by atoms with Crippen LogP contribution >= 0.6 is 11.6 Å². The van der Waals surface area contributed by atoms with Crippen LogP contribution < -0.4 is 5.32 Å². The molecular formula is C28H35ClN4O2. The molecule has 6 nitrogen and oxygen atoms in total. The number of carbonyl (C=O) groups excluding carboxylic acids is 2. The van der Waals surface area contributed by atoms with E-state index in [2.05, 4.69) is 12.2 Å². The topological polar surface area (TPSA) is 67.2 Å². The van der Waals surface area contributed by atoms with Crippen molar-refractivity contribution in [3.63, 3.8) is 0 Å². The molecule has 0 aliphatic heterocycles. The van der Waals surface area contributed by atoms with Gasteiger partial charge in [0.2, 0.25) is 11.8 Å². The Bertz CT molecular complexity index is 1110. The molecule has 2 aromatic carbocycles. The normalized spacial score (nSPS) is 11.0. The minimum absolute atomic E-state index is 0.0104. The number of halogens is 1. The molecule has 1 aromatic heterocycles. The van der Waals surface area contributed by atoms with Crippen LogP contribution in [0.5, 0.6) is 0 Å². The summed E-state index contributed by atoms with van der Waals surface area (Å²) in [5, 5.41) is 8.20. The molecule has 0 spiro atoms. The van der Waals surface area contributed by atoms with Gasteiger partial charge in [-0.05, 0) is 32.4 Å². The fraction of sp³-hybridized carbons (Fsp3) is 0.393. The van der Waals surface area contributed by atoms with Crippen molar-refractivity contribution in [2.24, 2.45) is 0 Å². The quantitative estimate of drug-likeness (QED) is 0.284. The highest BCUT2D eigenvalue weighted by Gasteiger charge is 2.22. The van der Waals surface area contributed by atoms with Gasteiger partial charge in [0, 0.05) is 24.1 Å². The van der Waals surface area contributed by atoms with Crippen molar-refractivity contribution in [1.82, 2.24) is 14.7 Å². The van der Waals surface area contributed by atoms with Crippen LogP contribution in [0.3, 0.4) is 0 Å². The number of benzene rings is 2. The molecule has 0 aliphatic carbocycles. The zero-order valence-corrected chi connectivity index (χ0v) is 21.6. The Morgan fingerprint density at radius 2 is 1.69 bits per heavy atom. The highest BCUT2D eigenvalue weighted by molar-refractivity contribution is 6.32. The summed E-state index contributed by atoms with van der Waals surface area (Å²) in [7, 11) is 0. The number of rotatable bonds is 12. The lowest BCUT2D eigenvalue weighted by atomic mass is 10.1. The van der Waals surface area contributed by atoms with Gasteiger partial charge in [0.05, 0.1) is 16.4 Å². The fourth-order valence-electron chi connectivity index (χ4n) is 3.95. The highest BCUT2D eigenvalue weighted by atomic mass is 35.5. The van der Waals surface area contributed by atoms with E-state index in [9.17, 15) is 9.59 Å². The van der Waals surface area contributed by atoms with E-state index in [1.54, 1.807) is 15.6 Å². The summed E-state index contributed by atoms with van der Waals surface area (Å²) in [5.41, 5.74) is 2.30. The largest absolute Gasteiger partial charge is 0.331 e. The van der Waals surface area contributed by atoms with E-state index in [0.29, 0.717) is 28.6 Å². The maximum Gasteiger partial charge on any atom is 0.245 e. The van der Waals surface area contributed by atoms with Gasteiger partial charge < -0.3 is 10.2 Å². The average Bonchev–Trinajstić information content (AvgIpc) is 3.26. The first kappa shape index (κ1) is 26.5. The van der Waals surface area contributed by atoms with Crippen molar-refractivity contribution in [3.8, 4) is 16.9 Å². The number of aromatic nitrogens is 2. The van der Waals surface area contributed by atoms with Crippen molar-refractivity contribution in [2.45, 2.75) is 65.3 Å². The van der Waals surface area contributed by atoms with Crippen LogP contribution in [-0.2, 0) is 9.59 Å². The maximum absolute atomic E-state index is 13.1. The molecule has 2 amide bonds. The Kier molecular flexibility index (Phi) is 9.91. The number of hydrogen-bond donors (Lipinski definition) is 1. The minimum atomic E-state index is -0.272. The zero-order chi connectivity index (χ0) is 25.2. The molecular weight excluding hydrogens is 460 g/mol. The molecule has 0 radical (unpaired) electrons. The van der Waals surface area contributed by atoms with E-state index >= 15 is 0 Å². The Morgan fingerprint density at radius 3 is 2.37 bits per heavy atom. The summed E-state index contributed by atoms with van der Waals surface area (Å²) < 4.78 is 1.64. The van der Waals surface area contributed by atoms with Crippen molar-refractivity contribution in [1.29, 1.82) is 0 Å². The molecule has 1 N–H and O–H groups in total. The summed E-state index contributed by atoms with van der Waals surface area (Å²) >= 11 is 6.44. The summed E-state index contributed by atoms with van der Waals surface area (Å²) in [6, 6.07) is 18.9. The molecule has 0 aliphatic rings. The summed E-state index contributed by atoms with van der Waals surface area (Å²) in [6.07, 6.45) is 5.85. The highest BCUT2D eigenvalue weighted by Crippen LogP contribution is 2.28. The van der Waals surface area contributed by atoms with E-state index in [1.165, 1.54) is 12.8 Å². The van der Waals surface area contributed by atoms with Crippen LogP contribution in [0.15, 0.2) is 60.7 Å². The lowest BCUT2D eigenvalue weighted by Gasteiger charge is -2.26. The number of para-hydroxylation sites is 1. The SMILES string of the molecule is CCCCCCCC(=O)N(CC(=O)Nc1cc(-c2ccccc2)nn1-c1ccccc1Cl)C(C)C. The first-order chi connectivity index (χ1) is 16.9. The zero-order valence-electron chi connectivity index (χ0n) is 20.8. The summed E-state index contributed by atoms with van der Waals surface area (Å²) in [5.74, 6) is 0.236. The van der Waals surface area contributed by atoms with Crippen LogP contribution in [0.25, 0.3) is 16.9 Å². The van der Waals surface area contributed by atoms with Gasteiger partial charge in [-0.25, -0.2) is 4.68 Å². The molecule has 1 heterocycles. The van der Waals surface area contributed by atoms with Crippen LogP contribution in [0.1, 0.15) is 59.3 Å². The monoisotopic (exact) mass is 494 g/mol. The predicted octanol–water partition coefficient (Wildman–Crippen LogP) is 6.73. The van der Waals surface area contributed by atoms with Gasteiger partial charge >= 0.3 is 0 Å². The van der Waals surface area contributed by atoms with Crippen LogP contribution in [-0.4, -0.2) is 39.1 Å². The smallest absolute Gasteiger partial charge is 0.245 e. The van der Waals surface area contributed by atoms with Crippen LogP contribution in [0, 0.1) is 0 Å². The molecule has 3 aromatic rings. The van der Waals surface area contributed by atoms with E-state index in [0.717, 1.165) is 24.8 Å².